The van der Waals surface area contributed by atoms with E-state index in [1.807, 2.05) is 26.0 Å². The number of fused-ring (bicyclic) bond motifs is 1. The Labute approximate surface area is 119 Å². The van der Waals surface area contributed by atoms with Crippen molar-refractivity contribution in [2.75, 3.05) is 23.9 Å². The molecule has 0 aliphatic rings. The first-order valence-corrected chi connectivity index (χ1v) is 8.64. The van der Waals surface area contributed by atoms with Crippen molar-refractivity contribution in [1.82, 2.24) is 4.98 Å². The van der Waals surface area contributed by atoms with Crippen molar-refractivity contribution in [2.45, 2.75) is 25.5 Å². The lowest BCUT2D eigenvalue weighted by molar-refractivity contribution is 0.672. The van der Waals surface area contributed by atoms with Gasteiger partial charge in [-0.1, -0.05) is 6.92 Å². The summed E-state index contributed by atoms with van der Waals surface area (Å²) in [5.41, 5.74) is 8.65. The van der Waals surface area contributed by atoms with E-state index in [0.29, 0.717) is 0 Å². The first-order chi connectivity index (χ1) is 8.97. The third-order valence-corrected chi connectivity index (χ3v) is 5.40. The molecule has 0 spiro atoms. The van der Waals surface area contributed by atoms with E-state index < -0.39 is 10.8 Å². The Bertz CT molecular complexity index is 609. The zero-order valence-corrected chi connectivity index (χ0v) is 13.0. The maximum Gasteiger partial charge on any atom is 0.0907 e. The highest BCUT2D eigenvalue weighted by molar-refractivity contribution is 7.84. The lowest BCUT2D eigenvalue weighted by atomic mass is 10.2. The van der Waals surface area contributed by atoms with Crippen LogP contribution in [0.3, 0.4) is 0 Å². The molecule has 0 saturated heterocycles. The molecule has 2 rings (SSSR count). The minimum Gasteiger partial charge on any atom is -0.397 e. The van der Waals surface area contributed by atoms with Crippen molar-refractivity contribution >= 4 is 43.7 Å². The summed E-state index contributed by atoms with van der Waals surface area (Å²) in [6, 6.07) is 3.95. The van der Waals surface area contributed by atoms with Gasteiger partial charge in [-0.3, -0.25) is 4.21 Å². The Morgan fingerprint density at radius 1 is 1.53 bits per heavy atom. The number of benzene rings is 1. The molecule has 104 valence electrons. The molecule has 1 aromatic heterocycles. The molecule has 6 heteroatoms. The maximum absolute atomic E-state index is 11.3. The van der Waals surface area contributed by atoms with Crippen LogP contribution in [0.2, 0.25) is 0 Å². The topological polar surface area (TPSA) is 68.0 Å². The van der Waals surface area contributed by atoms with Gasteiger partial charge in [0.2, 0.25) is 0 Å². The minimum atomic E-state index is -0.774. The number of aryl methyl sites for hydroxylation is 1. The van der Waals surface area contributed by atoms with E-state index in [1.54, 1.807) is 17.6 Å². The highest BCUT2D eigenvalue weighted by atomic mass is 32.2. The molecule has 0 aliphatic heterocycles. The van der Waals surface area contributed by atoms with Crippen LogP contribution in [0.5, 0.6) is 0 Å². The third-order valence-electron chi connectivity index (χ3n) is 3.10. The molecule has 2 atom stereocenters. The molecule has 0 aliphatic carbocycles. The molecule has 2 aromatic rings. The summed E-state index contributed by atoms with van der Waals surface area (Å²) in [4.78, 5) is 4.46. The van der Waals surface area contributed by atoms with Gasteiger partial charge in [0.25, 0.3) is 0 Å². The molecule has 3 N–H and O–H groups in total. The van der Waals surface area contributed by atoms with E-state index in [2.05, 4.69) is 10.3 Å². The summed E-state index contributed by atoms with van der Waals surface area (Å²) in [6.07, 6.45) is 2.60. The third kappa shape index (κ3) is 3.45. The monoisotopic (exact) mass is 297 g/mol. The summed E-state index contributed by atoms with van der Waals surface area (Å²) in [5, 5.41) is 4.54. The molecule has 1 heterocycles. The number of nitrogens with zero attached hydrogens (tertiary/aromatic N) is 1. The van der Waals surface area contributed by atoms with Crippen LogP contribution in [0.15, 0.2) is 12.1 Å². The molecule has 19 heavy (non-hydrogen) atoms. The zero-order valence-electron chi connectivity index (χ0n) is 11.4. The second-order valence-electron chi connectivity index (χ2n) is 4.66. The van der Waals surface area contributed by atoms with Crippen LogP contribution in [-0.4, -0.2) is 27.2 Å². The lowest BCUT2D eigenvalue weighted by Crippen LogP contribution is -2.15. The van der Waals surface area contributed by atoms with Gasteiger partial charge in [-0.15, -0.1) is 11.3 Å². The predicted octanol–water partition coefficient (Wildman–Crippen LogP) is 2.76. The molecular formula is C13H19N3OS2. The van der Waals surface area contributed by atoms with E-state index in [0.717, 1.165) is 39.6 Å². The lowest BCUT2D eigenvalue weighted by Gasteiger charge is -2.12. The number of nitrogen functional groups attached to an aromatic ring is 1. The minimum absolute atomic E-state index is 0.193. The Morgan fingerprint density at radius 3 is 2.95 bits per heavy atom. The van der Waals surface area contributed by atoms with Crippen LogP contribution in [0.25, 0.3) is 10.2 Å². The van der Waals surface area contributed by atoms with Crippen molar-refractivity contribution in [2.24, 2.45) is 0 Å². The fourth-order valence-corrected chi connectivity index (χ4v) is 3.14. The number of hydrogen-bond acceptors (Lipinski definition) is 5. The fourth-order valence-electron chi connectivity index (χ4n) is 1.83. The molecule has 0 saturated carbocycles. The smallest absolute Gasteiger partial charge is 0.0907 e. The molecule has 0 fully saturated rings. The average molecular weight is 297 g/mol. The zero-order chi connectivity index (χ0) is 14.0. The van der Waals surface area contributed by atoms with E-state index >= 15 is 0 Å². The number of aromatic nitrogens is 1. The van der Waals surface area contributed by atoms with Gasteiger partial charge in [0, 0.05) is 28.9 Å². The number of nitrogens with two attached hydrogens (primary N) is 1. The van der Waals surface area contributed by atoms with Crippen molar-refractivity contribution in [3.8, 4) is 0 Å². The predicted molar refractivity (Wildman–Crippen MR) is 85.4 cm³/mol. The van der Waals surface area contributed by atoms with Gasteiger partial charge in [0.1, 0.15) is 0 Å². The Kier molecular flexibility index (Phi) is 4.42. The van der Waals surface area contributed by atoms with Gasteiger partial charge in [-0.25, -0.2) is 4.98 Å². The summed E-state index contributed by atoms with van der Waals surface area (Å²) in [5.74, 6) is 0. The first-order valence-electron chi connectivity index (χ1n) is 6.20. The van der Waals surface area contributed by atoms with Gasteiger partial charge in [0.05, 0.1) is 26.6 Å². The largest absolute Gasteiger partial charge is 0.397 e. The summed E-state index contributed by atoms with van der Waals surface area (Å²) in [7, 11) is -0.774. The number of thiazole rings is 1. The highest BCUT2D eigenvalue weighted by Gasteiger charge is 2.08. The van der Waals surface area contributed by atoms with Crippen LogP contribution in [0.1, 0.15) is 18.4 Å². The fraction of sp³-hybridized carbons (Fsp3) is 0.462. The van der Waals surface area contributed by atoms with Crippen LogP contribution in [0.4, 0.5) is 11.4 Å². The second kappa shape index (κ2) is 5.88. The van der Waals surface area contributed by atoms with Gasteiger partial charge < -0.3 is 11.1 Å². The van der Waals surface area contributed by atoms with Gasteiger partial charge in [-0.2, -0.15) is 0 Å². The molecule has 0 radical (unpaired) electrons. The number of hydrogen-bond donors (Lipinski definition) is 2. The van der Waals surface area contributed by atoms with Crippen LogP contribution < -0.4 is 11.1 Å². The summed E-state index contributed by atoms with van der Waals surface area (Å²) in [6.45, 7) is 4.75. The van der Waals surface area contributed by atoms with E-state index in [-0.39, 0.29) is 5.25 Å². The van der Waals surface area contributed by atoms with E-state index in [9.17, 15) is 4.21 Å². The van der Waals surface area contributed by atoms with Crippen LogP contribution >= 0.6 is 11.3 Å². The molecular weight excluding hydrogens is 278 g/mol. The Hall–Kier alpha value is -1.14. The van der Waals surface area contributed by atoms with Gasteiger partial charge in [0.15, 0.2) is 0 Å². The SMILES string of the molecule is Cc1nc2cc(NCCC(C)S(C)=O)c(N)cc2s1. The van der Waals surface area contributed by atoms with Gasteiger partial charge >= 0.3 is 0 Å². The van der Waals surface area contributed by atoms with E-state index in [4.69, 9.17) is 5.73 Å². The maximum atomic E-state index is 11.3. The number of anilines is 2. The van der Waals surface area contributed by atoms with Gasteiger partial charge in [-0.05, 0) is 25.5 Å². The van der Waals surface area contributed by atoms with Crippen molar-refractivity contribution in [1.29, 1.82) is 0 Å². The molecule has 2 unspecified atom stereocenters. The van der Waals surface area contributed by atoms with Crippen molar-refractivity contribution < 1.29 is 4.21 Å². The van der Waals surface area contributed by atoms with Crippen LogP contribution in [0, 0.1) is 6.92 Å². The highest BCUT2D eigenvalue weighted by Crippen LogP contribution is 2.29. The second-order valence-corrected chi connectivity index (χ2v) is 7.70. The quantitative estimate of drug-likeness (QED) is 0.833. The van der Waals surface area contributed by atoms with Crippen molar-refractivity contribution in [3.63, 3.8) is 0 Å². The number of nitrogens with one attached hydrogen (secondary N) is 1. The van der Waals surface area contributed by atoms with Crippen molar-refractivity contribution in [3.05, 3.63) is 17.1 Å². The molecule has 0 amide bonds. The average Bonchev–Trinajstić information content (AvgIpc) is 2.68. The first kappa shape index (κ1) is 14.3. The van der Waals surface area contributed by atoms with Crippen LogP contribution in [-0.2, 0) is 10.8 Å². The Morgan fingerprint density at radius 2 is 2.26 bits per heavy atom. The molecule has 0 bridgehead atoms. The molecule has 4 nitrogen and oxygen atoms in total. The Balaban J connectivity index is 2.08. The number of rotatable bonds is 5. The van der Waals surface area contributed by atoms with E-state index in [1.165, 1.54) is 0 Å². The summed E-state index contributed by atoms with van der Waals surface area (Å²) < 4.78 is 12.4. The molecule has 1 aromatic carbocycles. The standard InChI is InChI=1S/C13H19N3OS2/c1-8(19(3)17)4-5-15-11-7-12-13(6-10(11)14)18-9(2)16-12/h6-8,15H,4-5,14H2,1-3H3. The normalized spacial score (nSPS) is 14.5. The summed E-state index contributed by atoms with van der Waals surface area (Å²) >= 11 is 1.65.